The van der Waals surface area contributed by atoms with Crippen molar-refractivity contribution in [3.63, 3.8) is 0 Å². The molecule has 0 aliphatic carbocycles. The van der Waals surface area contributed by atoms with Gasteiger partial charge in [-0.25, -0.2) is 0 Å². The normalized spacial score (nSPS) is 30.8. The molecule has 2 rings (SSSR count). The van der Waals surface area contributed by atoms with Crippen molar-refractivity contribution in [3.8, 4) is 0 Å². The van der Waals surface area contributed by atoms with Gasteiger partial charge in [0.2, 0.25) is 0 Å². The third kappa shape index (κ3) is 2.56. The van der Waals surface area contributed by atoms with Crippen LogP contribution in [0.2, 0.25) is 0 Å². The van der Waals surface area contributed by atoms with Crippen LogP contribution >= 0.6 is 0 Å². The van der Waals surface area contributed by atoms with Crippen molar-refractivity contribution in [1.82, 2.24) is 10.6 Å². The predicted molar refractivity (Wildman–Crippen MR) is 54.8 cm³/mol. The maximum Gasteiger partial charge on any atom is 0.101 e. The van der Waals surface area contributed by atoms with Crippen LogP contribution in [0, 0.1) is 0 Å². The Morgan fingerprint density at radius 1 is 1.54 bits per heavy atom. The molecule has 3 nitrogen and oxygen atoms in total. The van der Waals surface area contributed by atoms with Crippen molar-refractivity contribution in [2.24, 2.45) is 4.99 Å². The molecule has 0 saturated carbocycles. The van der Waals surface area contributed by atoms with Gasteiger partial charge in [-0.05, 0) is 32.0 Å². The van der Waals surface area contributed by atoms with Gasteiger partial charge in [0.15, 0.2) is 0 Å². The highest BCUT2D eigenvalue weighted by molar-refractivity contribution is 5.84. The second-order valence-corrected chi connectivity index (χ2v) is 3.67. The van der Waals surface area contributed by atoms with E-state index in [4.69, 9.17) is 0 Å². The van der Waals surface area contributed by atoms with Crippen LogP contribution in [0.1, 0.15) is 25.7 Å². The molecular formula is C10H17N3. The summed E-state index contributed by atoms with van der Waals surface area (Å²) in [6, 6.07) is 0.625. The van der Waals surface area contributed by atoms with E-state index >= 15 is 0 Å². The maximum absolute atomic E-state index is 4.56. The van der Waals surface area contributed by atoms with E-state index in [2.05, 4.69) is 21.7 Å². The molecule has 1 fully saturated rings. The minimum atomic E-state index is 0.625. The van der Waals surface area contributed by atoms with Crippen LogP contribution in [0.15, 0.2) is 17.3 Å². The van der Waals surface area contributed by atoms with Crippen LogP contribution in [0.3, 0.4) is 0 Å². The van der Waals surface area contributed by atoms with Crippen LogP contribution in [0.5, 0.6) is 0 Å². The minimum Gasteiger partial charge on any atom is -0.351 e. The lowest BCUT2D eigenvalue weighted by atomic mass is 10.2. The first-order valence-electron chi connectivity index (χ1n) is 5.13. The van der Waals surface area contributed by atoms with Gasteiger partial charge in [-0.15, -0.1) is 0 Å². The lowest BCUT2D eigenvalue weighted by Crippen LogP contribution is -2.27. The van der Waals surface area contributed by atoms with E-state index in [1.165, 1.54) is 19.4 Å². The second-order valence-electron chi connectivity index (χ2n) is 3.67. The van der Waals surface area contributed by atoms with Gasteiger partial charge in [0.05, 0.1) is 6.54 Å². The van der Waals surface area contributed by atoms with Crippen LogP contribution < -0.4 is 10.6 Å². The molecule has 0 spiro atoms. The fourth-order valence-corrected chi connectivity index (χ4v) is 1.79. The first-order valence-corrected chi connectivity index (χ1v) is 5.13. The quantitative estimate of drug-likeness (QED) is 0.664. The molecule has 0 bridgehead atoms. The Bertz CT molecular complexity index is 214. The average molecular weight is 179 g/mol. The lowest BCUT2D eigenvalue weighted by Gasteiger charge is -2.11. The maximum atomic E-state index is 4.56. The zero-order valence-corrected chi connectivity index (χ0v) is 7.92. The molecule has 0 radical (unpaired) electrons. The highest BCUT2D eigenvalue weighted by Gasteiger charge is 2.13. The van der Waals surface area contributed by atoms with E-state index in [9.17, 15) is 0 Å². The number of hydrogen-bond acceptors (Lipinski definition) is 2. The van der Waals surface area contributed by atoms with Crippen molar-refractivity contribution in [2.75, 3.05) is 13.1 Å². The Balaban J connectivity index is 1.78. The molecule has 2 heterocycles. The number of allylic oxidation sites excluding steroid dienone is 1. The number of amidine groups is 1. The van der Waals surface area contributed by atoms with Gasteiger partial charge in [0.25, 0.3) is 0 Å². The molecule has 2 N–H and O–H groups in total. The summed E-state index contributed by atoms with van der Waals surface area (Å²) in [5.74, 6) is 1.15. The summed E-state index contributed by atoms with van der Waals surface area (Å²) in [5, 5.41) is 6.63. The molecule has 2 aliphatic rings. The van der Waals surface area contributed by atoms with Gasteiger partial charge in [0, 0.05) is 12.5 Å². The summed E-state index contributed by atoms with van der Waals surface area (Å²) in [6.45, 7) is 2.11. The van der Waals surface area contributed by atoms with E-state index < -0.39 is 0 Å². The van der Waals surface area contributed by atoms with Gasteiger partial charge in [-0.2, -0.15) is 0 Å². The molecule has 3 heteroatoms. The number of nitrogens with one attached hydrogen (secondary N) is 2. The highest BCUT2D eigenvalue weighted by atomic mass is 15.0. The summed E-state index contributed by atoms with van der Waals surface area (Å²) in [7, 11) is 0. The van der Waals surface area contributed by atoms with Gasteiger partial charge >= 0.3 is 0 Å². The Morgan fingerprint density at radius 3 is 3.23 bits per heavy atom. The number of aliphatic imine (C=N–C) groups is 1. The zero-order valence-electron chi connectivity index (χ0n) is 7.92. The van der Waals surface area contributed by atoms with Crippen LogP contribution in [0.4, 0.5) is 0 Å². The molecule has 1 saturated heterocycles. The van der Waals surface area contributed by atoms with Gasteiger partial charge in [-0.3, -0.25) is 4.99 Å². The SMILES string of the molecule is C1=CNC(=NC[C@@H]2CCCN2)CC1. The molecule has 0 unspecified atom stereocenters. The molecular weight excluding hydrogens is 162 g/mol. The number of nitrogens with zero attached hydrogens (tertiary/aromatic N) is 1. The predicted octanol–water partition coefficient (Wildman–Crippen LogP) is 1.03. The molecule has 13 heavy (non-hydrogen) atoms. The number of hydrogen-bond donors (Lipinski definition) is 2. The summed E-state index contributed by atoms with van der Waals surface area (Å²) >= 11 is 0. The van der Waals surface area contributed by atoms with Gasteiger partial charge in [-0.1, -0.05) is 6.08 Å². The monoisotopic (exact) mass is 179 g/mol. The summed E-state index contributed by atoms with van der Waals surface area (Å²) in [4.78, 5) is 4.56. The van der Waals surface area contributed by atoms with Crippen molar-refractivity contribution >= 4 is 5.84 Å². The van der Waals surface area contributed by atoms with Crippen LogP contribution in [-0.2, 0) is 0 Å². The Morgan fingerprint density at radius 2 is 2.54 bits per heavy atom. The molecule has 0 amide bonds. The smallest absolute Gasteiger partial charge is 0.101 e. The van der Waals surface area contributed by atoms with E-state index in [0.717, 1.165) is 25.2 Å². The summed E-state index contributed by atoms with van der Waals surface area (Å²) in [5.41, 5.74) is 0. The van der Waals surface area contributed by atoms with Gasteiger partial charge in [0.1, 0.15) is 5.84 Å². The molecule has 0 aromatic heterocycles. The van der Waals surface area contributed by atoms with E-state index in [1.54, 1.807) is 0 Å². The topological polar surface area (TPSA) is 36.4 Å². The fourth-order valence-electron chi connectivity index (χ4n) is 1.79. The van der Waals surface area contributed by atoms with Gasteiger partial charge < -0.3 is 10.6 Å². The standard InChI is InChI=1S/C10H17N3/c1-2-6-12-10(5-1)13-8-9-4-3-7-11-9/h2,6,9,11H,1,3-5,7-8H2,(H,12,13)/t9-/m0/s1. The van der Waals surface area contributed by atoms with E-state index in [1.807, 2.05) is 6.20 Å². The summed E-state index contributed by atoms with van der Waals surface area (Å²) < 4.78 is 0. The summed E-state index contributed by atoms with van der Waals surface area (Å²) in [6.07, 6.45) is 8.93. The zero-order chi connectivity index (χ0) is 8.93. The minimum absolute atomic E-state index is 0.625. The lowest BCUT2D eigenvalue weighted by molar-refractivity contribution is 0.615. The van der Waals surface area contributed by atoms with Crippen molar-refractivity contribution in [2.45, 2.75) is 31.7 Å². The van der Waals surface area contributed by atoms with E-state index in [-0.39, 0.29) is 0 Å². The molecule has 0 aromatic rings. The van der Waals surface area contributed by atoms with Crippen molar-refractivity contribution in [3.05, 3.63) is 12.3 Å². The Labute approximate surface area is 79.3 Å². The molecule has 1 atom stereocenters. The average Bonchev–Trinajstić information content (AvgIpc) is 2.69. The van der Waals surface area contributed by atoms with Crippen LogP contribution in [0.25, 0.3) is 0 Å². The largest absolute Gasteiger partial charge is 0.351 e. The molecule has 0 aromatic carbocycles. The van der Waals surface area contributed by atoms with Crippen molar-refractivity contribution in [1.29, 1.82) is 0 Å². The first-order chi connectivity index (χ1) is 6.45. The first kappa shape index (κ1) is 8.75. The highest BCUT2D eigenvalue weighted by Crippen LogP contribution is 2.06. The fraction of sp³-hybridized carbons (Fsp3) is 0.700. The molecule has 2 aliphatic heterocycles. The Kier molecular flexibility index (Phi) is 2.98. The molecule has 72 valence electrons. The van der Waals surface area contributed by atoms with Crippen LogP contribution in [-0.4, -0.2) is 25.0 Å². The third-order valence-electron chi connectivity index (χ3n) is 2.58. The van der Waals surface area contributed by atoms with E-state index in [0.29, 0.717) is 6.04 Å². The Hall–Kier alpha value is -0.830. The van der Waals surface area contributed by atoms with Crippen molar-refractivity contribution < 1.29 is 0 Å². The number of rotatable bonds is 2. The second kappa shape index (κ2) is 4.42. The third-order valence-corrected chi connectivity index (χ3v) is 2.58.